The first-order chi connectivity index (χ1) is 12.2. The smallest absolute Gasteiger partial charge is 0.221 e. The van der Waals surface area contributed by atoms with E-state index in [2.05, 4.69) is 0 Å². The summed E-state index contributed by atoms with van der Waals surface area (Å²) in [6.07, 6.45) is 20.1. The molecule has 0 rings (SSSR count). The second kappa shape index (κ2) is 13.2. The van der Waals surface area contributed by atoms with Gasteiger partial charge in [0.25, 0.3) is 0 Å². The van der Waals surface area contributed by atoms with E-state index in [1.165, 1.54) is 38.2 Å². The summed E-state index contributed by atoms with van der Waals surface area (Å²) in [6.45, 7) is 6.29. The fraction of sp³-hybridized carbons (Fsp3) is 0.182. The van der Waals surface area contributed by atoms with E-state index in [1.807, 2.05) is 50.3 Å². The summed E-state index contributed by atoms with van der Waals surface area (Å²) in [5, 5.41) is 0. The van der Waals surface area contributed by atoms with Crippen molar-refractivity contribution in [2.24, 2.45) is 0 Å². The van der Waals surface area contributed by atoms with Gasteiger partial charge in [-0.25, -0.2) is 0 Å². The lowest BCUT2D eigenvalue weighted by Gasteiger charge is -1.88. The normalized spacial score (nSPS) is 13.7. The molecule has 136 valence electrons. The highest BCUT2D eigenvalue weighted by Crippen LogP contribution is 1.99. The predicted octanol–water partition coefficient (Wildman–Crippen LogP) is 3.98. The number of carbonyl (C=O) groups excluding carboxylic acids is 4. The molecule has 0 bridgehead atoms. The maximum Gasteiger partial charge on any atom is 0.221 e. The molecule has 0 spiro atoms. The van der Waals surface area contributed by atoms with Gasteiger partial charge in [0.15, 0.2) is 11.6 Å². The van der Waals surface area contributed by atoms with Crippen LogP contribution in [0.3, 0.4) is 0 Å². The maximum absolute atomic E-state index is 11.1. The summed E-state index contributed by atoms with van der Waals surface area (Å²) in [6, 6.07) is 0. The summed E-state index contributed by atoms with van der Waals surface area (Å²) in [5.74, 6) is -2.01. The van der Waals surface area contributed by atoms with Crippen LogP contribution in [0.2, 0.25) is 0 Å². The lowest BCUT2D eigenvalue weighted by Crippen LogP contribution is -2.04. The fourth-order valence-electron chi connectivity index (χ4n) is 1.46. The Bertz CT molecular complexity index is 687. The molecular formula is C22H24O4. The number of Topliss-reactive ketones (excluding diaryl/α,β-unsaturated/α-hetero) is 2. The first-order valence-corrected chi connectivity index (χ1v) is 8.05. The molecule has 0 aliphatic carbocycles. The van der Waals surface area contributed by atoms with Crippen molar-refractivity contribution < 1.29 is 19.2 Å². The van der Waals surface area contributed by atoms with Crippen molar-refractivity contribution in [3.05, 3.63) is 84.1 Å². The highest BCUT2D eigenvalue weighted by atomic mass is 16.2. The van der Waals surface area contributed by atoms with Crippen LogP contribution in [-0.2, 0) is 19.2 Å². The van der Waals surface area contributed by atoms with E-state index >= 15 is 0 Å². The molecule has 0 fully saturated rings. The van der Waals surface area contributed by atoms with Crippen molar-refractivity contribution in [3.8, 4) is 0 Å². The van der Waals surface area contributed by atoms with Crippen molar-refractivity contribution in [2.75, 3.05) is 0 Å². The van der Waals surface area contributed by atoms with Crippen LogP contribution in [0, 0.1) is 0 Å². The fourth-order valence-corrected chi connectivity index (χ4v) is 1.46. The largest absolute Gasteiger partial charge is 0.291 e. The van der Waals surface area contributed by atoms with Crippen LogP contribution in [0.5, 0.6) is 0 Å². The van der Waals surface area contributed by atoms with Gasteiger partial charge in [-0.1, -0.05) is 71.9 Å². The predicted molar refractivity (Wildman–Crippen MR) is 105 cm³/mol. The molecule has 4 nitrogen and oxygen atoms in total. The lowest BCUT2D eigenvalue weighted by molar-refractivity contribution is -0.132. The van der Waals surface area contributed by atoms with Crippen molar-refractivity contribution >= 4 is 23.1 Å². The molecule has 0 aliphatic heterocycles. The van der Waals surface area contributed by atoms with Gasteiger partial charge >= 0.3 is 0 Å². The highest BCUT2D eigenvalue weighted by molar-refractivity contribution is 6.41. The molecule has 26 heavy (non-hydrogen) atoms. The Morgan fingerprint density at radius 2 is 0.769 bits per heavy atom. The Balaban J connectivity index is 4.53. The van der Waals surface area contributed by atoms with Gasteiger partial charge in [-0.3, -0.25) is 19.2 Å². The van der Waals surface area contributed by atoms with E-state index in [1.54, 1.807) is 12.2 Å². The summed E-state index contributed by atoms with van der Waals surface area (Å²) < 4.78 is 0. The zero-order valence-corrected chi connectivity index (χ0v) is 15.6. The molecule has 0 aliphatic rings. The van der Waals surface area contributed by atoms with Crippen molar-refractivity contribution in [2.45, 2.75) is 27.7 Å². The molecule has 0 heterocycles. The van der Waals surface area contributed by atoms with Gasteiger partial charge in [0, 0.05) is 13.8 Å². The van der Waals surface area contributed by atoms with Crippen molar-refractivity contribution in [1.82, 2.24) is 0 Å². The zero-order chi connectivity index (χ0) is 19.9. The Morgan fingerprint density at radius 1 is 0.462 bits per heavy atom. The van der Waals surface area contributed by atoms with Crippen LogP contribution in [0.25, 0.3) is 0 Å². The quantitative estimate of drug-likeness (QED) is 0.339. The van der Waals surface area contributed by atoms with E-state index in [9.17, 15) is 19.2 Å². The third-order valence-corrected chi connectivity index (χ3v) is 2.96. The molecule has 0 radical (unpaired) electrons. The van der Waals surface area contributed by atoms with Gasteiger partial charge in [0.05, 0.1) is 0 Å². The van der Waals surface area contributed by atoms with Crippen LogP contribution in [0.1, 0.15) is 27.7 Å². The first kappa shape index (κ1) is 22.9. The second-order valence-electron chi connectivity index (χ2n) is 5.48. The summed E-state index contributed by atoms with van der Waals surface area (Å²) in [4.78, 5) is 43.7. The molecule has 0 atom stereocenters. The Hall–Kier alpha value is -3.14. The molecule has 0 saturated carbocycles. The van der Waals surface area contributed by atoms with E-state index in [0.29, 0.717) is 0 Å². The SMILES string of the molecule is CC(=O)C(=O)/C=C/C=C/C(C)=C/C=C/C=C(C)/C=C/C=C/C(=O)C(C)=O. The average Bonchev–Trinajstić information content (AvgIpc) is 2.58. The molecular weight excluding hydrogens is 328 g/mol. The Labute approximate surface area is 154 Å². The number of hydrogen-bond acceptors (Lipinski definition) is 4. The minimum atomic E-state index is -0.523. The van der Waals surface area contributed by atoms with E-state index in [4.69, 9.17) is 0 Å². The molecule has 0 aromatic carbocycles. The highest BCUT2D eigenvalue weighted by Gasteiger charge is 2.00. The topological polar surface area (TPSA) is 68.3 Å². The first-order valence-electron chi connectivity index (χ1n) is 8.05. The number of carbonyl (C=O) groups is 4. The third-order valence-electron chi connectivity index (χ3n) is 2.96. The maximum atomic E-state index is 11.1. The number of rotatable bonds is 10. The van der Waals surface area contributed by atoms with Gasteiger partial charge in [0.2, 0.25) is 11.6 Å². The Morgan fingerprint density at radius 3 is 1.08 bits per heavy atom. The minimum Gasteiger partial charge on any atom is -0.291 e. The number of ketones is 4. The summed E-state index contributed by atoms with van der Waals surface area (Å²) in [5.41, 5.74) is 1.96. The van der Waals surface area contributed by atoms with Crippen LogP contribution < -0.4 is 0 Å². The van der Waals surface area contributed by atoms with Gasteiger partial charge < -0.3 is 0 Å². The van der Waals surface area contributed by atoms with E-state index in [-0.39, 0.29) is 0 Å². The number of hydrogen-bond donors (Lipinski definition) is 0. The second-order valence-corrected chi connectivity index (χ2v) is 5.48. The monoisotopic (exact) mass is 352 g/mol. The average molecular weight is 352 g/mol. The summed E-state index contributed by atoms with van der Waals surface area (Å²) >= 11 is 0. The zero-order valence-electron chi connectivity index (χ0n) is 15.6. The van der Waals surface area contributed by atoms with Crippen LogP contribution >= 0.6 is 0 Å². The van der Waals surface area contributed by atoms with Gasteiger partial charge in [-0.05, 0) is 26.0 Å². The van der Waals surface area contributed by atoms with Gasteiger partial charge in [0.1, 0.15) is 0 Å². The minimum absolute atomic E-state index is 0.484. The molecule has 0 saturated heterocycles. The Kier molecular flexibility index (Phi) is 11.6. The van der Waals surface area contributed by atoms with Gasteiger partial charge in [-0.2, -0.15) is 0 Å². The van der Waals surface area contributed by atoms with Crippen molar-refractivity contribution in [1.29, 1.82) is 0 Å². The molecule has 0 N–H and O–H groups in total. The standard InChI is InChI=1S/C22H24O4/c1-17(13-7-9-15-21(25)19(3)23)11-5-6-12-18(2)14-8-10-16-22(26)20(4)24/h5-16H,1-4H3/b6-5+,13-7+,14-8+,15-9+,16-10+,17-11+,18-12+. The van der Waals surface area contributed by atoms with Crippen LogP contribution in [0.15, 0.2) is 84.1 Å². The molecule has 0 aromatic heterocycles. The summed E-state index contributed by atoms with van der Waals surface area (Å²) in [7, 11) is 0. The molecule has 0 aromatic rings. The van der Waals surface area contributed by atoms with Crippen LogP contribution in [-0.4, -0.2) is 23.1 Å². The van der Waals surface area contributed by atoms with Crippen molar-refractivity contribution in [3.63, 3.8) is 0 Å². The van der Waals surface area contributed by atoms with E-state index in [0.717, 1.165) is 11.1 Å². The third kappa shape index (κ3) is 12.3. The van der Waals surface area contributed by atoms with E-state index < -0.39 is 23.1 Å². The molecule has 0 unspecified atom stereocenters. The van der Waals surface area contributed by atoms with Crippen LogP contribution in [0.4, 0.5) is 0 Å². The molecule has 4 heteroatoms. The molecule has 0 amide bonds. The van der Waals surface area contributed by atoms with Gasteiger partial charge in [-0.15, -0.1) is 0 Å². The number of allylic oxidation sites excluding steroid dienone is 14. The lowest BCUT2D eigenvalue weighted by atomic mass is 10.2.